The quantitative estimate of drug-likeness (QED) is 0.527. The molecule has 2 aromatic carbocycles. The summed E-state index contributed by atoms with van der Waals surface area (Å²) < 4.78 is 53.0. The molecule has 0 radical (unpaired) electrons. The van der Waals surface area contributed by atoms with Crippen LogP contribution in [0.2, 0.25) is 0 Å². The molecule has 33 heavy (non-hydrogen) atoms. The van der Waals surface area contributed by atoms with Crippen molar-refractivity contribution in [3.8, 4) is 0 Å². The van der Waals surface area contributed by atoms with Crippen molar-refractivity contribution in [2.45, 2.75) is 23.7 Å². The molecule has 0 aromatic heterocycles. The standard InChI is InChI=1S/C23H29N3O5S2/c1-3-32(28,29)25-16-19-13-14-26(17-19)33(30,31)21-11-9-20(10-12-21)22(23(27)24-2)15-18-7-5-4-6-8-18/h3-12,19,22,25H,1,13-17H2,2H3,(H,24,27)/t19-,22?/m1/s1. The van der Waals surface area contributed by atoms with Crippen molar-refractivity contribution in [3.05, 3.63) is 77.7 Å². The highest BCUT2D eigenvalue weighted by atomic mass is 32.2. The molecule has 1 heterocycles. The third kappa shape index (κ3) is 6.29. The van der Waals surface area contributed by atoms with Gasteiger partial charge in [0.15, 0.2) is 0 Å². The molecule has 0 bridgehead atoms. The summed E-state index contributed by atoms with van der Waals surface area (Å²) in [6, 6.07) is 16.1. The summed E-state index contributed by atoms with van der Waals surface area (Å²) in [6.45, 7) is 3.96. The molecular weight excluding hydrogens is 462 g/mol. The molecule has 2 aromatic rings. The number of carbonyl (C=O) groups excluding carboxylic acids is 1. The Morgan fingerprint density at radius 1 is 1.12 bits per heavy atom. The van der Waals surface area contributed by atoms with E-state index >= 15 is 0 Å². The molecular formula is C23H29N3O5S2. The Labute approximate surface area is 195 Å². The molecule has 1 fully saturated rings. The third-order valence-electron chi connectivity index (χ3n) is 5.81. The number of nitrogens with zero attached hydrogens (tertiary/aromatic N) is 1. The smallest absolute Gasteiger partial charge is 0.243 e. The molecule has 1 amide bonds. The molecule has 1 aliphatic heterocycles. The minimum absolute atomic E-state index is 0.114. The lowest BCUT2D eigenvalue weighted by atomic mass is 9.91. The average molecular weight is 492 g/mol. The highest BCUT2D eigenvalue weighted by Gasteiger charge is 2.33. The fraction of sp³-hybridized carbons (Fsp3) is 0.348. The molecule has 10 heteroatoms. The summed E-state index contributed by atoms with van der Waals surface area (Å²) >= 11 is 0. The topological polar surface area (TPSA) is 113 Å². The van der Waals surface area contributed by atoms with Gasteiger partial charge in [0.1, 0.15) is 0 Å². The van der Waals surface area contributed by atoms with Gasteiger partial charge < -0.3 is 5.32 Å². The molecule has 0 saturated carbocycles. The number of carbonyl (C=O) groups is 1. The minimum atomic E-state index is -3.72. The molecule has 1 saturated heterocycles. The predicted octanol–water partition coefficient (Wildman–Crippen LogP) is 1.83. The molecule has 8 nitrogen and oxygen atoms in total. The van der Waals surface area contributed by atoms with Crippen LogP contribution in [0.5, 0.6) is 0 Å². The van der Waals surface area contributed by atoms with Gasteiger partial charge in [-0.2, -0.15) is 4.31 Å². The minimum Gasteiger partial charge on any atom is -0.359 e. The second kappa shape index (κ2) is 10.6. The van der Waals surface area contributed by atoms with E-state index in [0.717, 1.165) is 16.5 Å². The fourth-order valence-corrected chi connectivity index (χ4v) is 6.00. The summed E-state index contributed by atoms with van der Waals surface area (Å²) in [5.41, 5.74) is 1.74. The molecule has 1 unspecified atom stereocenters. The highest BCUT2D eigenvalue weighted by Crippen LogP contribution is 2.27. The Morgan fingerprint density at radius 2 is 1.79 bits per heavy atom. The van der Waals surface area contributed by atoms with Gasteiger partial charge in [-0.05, 0) is 42.0 Å². The predicted molar refractivity (Wildman–Crippen MR) is 127 cm³/mol. The lowest BCUT2D eigenvalue weighted by Gasteiger charge is -2.19. The van der Waals surface area contributed by atoms with Crippen molar-refractivity contribution in [3.63, 3.8) is 0 Å². The Hall–Kier alpha value is -2.53. The Balaban J connectivity index is 1.72. The summed E-state index contributed by atoms with van der Waals surface area (Å²) in [5.74, 6) is -0.695. The molecule has 1 aliphatic rings. The summed E-state index contributed by atoms with van der Waals surface area (Å²) in [7, 11) is -5.69. The van der Waals surface area contributed by atoms with Gasteiger partial charge in [0, 0.05) is 32.1 Å². The Bertz CT molecular complexity index is 1180. The summed E-state index contributed by atoms with van der Waals surface area (Å²) in [6.07, 6.45) is 1.06. The number of benzene rings is 2. The van der Waals surface area contributed by atoms with E-state index in [0.29, 0.717) is 19.4 Å². The molecule has 2 N–H and O–H groups in total. The molecule has 3 rings (SSSR count). The van der Waals surface area contributed by atoms with Crippen LogP contribution >= 0.6 is 0 Å². The van der Waals surface area contributed by atoms with Crippen LogP contribution in [0.25, 0.3) is 0 Å². The van der Waals surface area contributed by atoms with Crippen LogP contribution in [-0.4, -0.2) is 53.7 Å². The van der Waals surface area contributed by atoms with E-state index in [1.807, 2.05) is 30.3 Å². The number of sulfonamides is 2. The lowest BCUT2D eigenvalue weighted by Crippen LogP contribution is -2.32. The highest BCUT2D eigenvalue weighted by molar-refractivity contribution is 7.92. The number of hydrogen-bond donors (Lipinski definition) is 2. The van der Waals surface area contributed by atoms with E-state index in [4.69, 9.17) is 0 Å². The zero-order chi connectivity index (χ0) is 24.1. The van der Waals surface area contributed by atoms with E-state index in [9.17, 15) is 21.6 Å². The lowest BCUT2D eigenvalue weighted by molar-refractivity contribution is -0.122. The van der Waals surface area contributed by atoms with Crippen LogP contribution < -0.4 is 10.0 Å². The van der Waals surface area contributed by atoms with Crippen molar-refractivity contribution in [1.82, 2.24) is 14.3 Å². The maximum Gasteiger partial charge on any atom is 0.243 e. The van der Waals surface area contributed by atoms with Gasteiger partial charge in [0.25, 0.3) is 0 Å². The monoisotopic (exact) mass is 491 g/mol. The van der Waals surface area contributed by atoms with Crippen molar-refractivity contribution in [1.29, 1.82) is 0 Å². The van der Waals surface area contributed by atoms with E-state index in [1.165, 1.54) is 16.4 Å². The van der Waals surface area contributed by atoms with Gasteiger partial charge in [-0.25, -0.2) is 21.6 Å². The number of nitrogens with one attached hydrogen (secondary N) is 2. The van der Waals surface area contributed by atoms with Gasteiger partial charge in [-0.15, -0.1) is 0 Å². The van der Waals surface area contributed by atoms with Crippen LogP contribution in [0.15, 0.2) is 71.5 Å². The molecule has 2 atom stereocenters. The summed E-state index contributed by atoms with van der Waals surface area (Å²) in [4.78, 5) is 12.7. The molecule has 0 spiro atoms. The maximum atomic E-state index is 13.1. The zero-order valence-electron chi connectivity index (χ0n) is 18.5. The Kier molecular flexibility index (Phi) is 8.06. The first kappa shape index (κ1) is 25.1. The number of amides is 1. The number of likely N-dealkylation sites (N-methyl/N-ethyl adjacent to an activating group) is 1. The van der Waals surface area contributed by atoms with Crippen LogP contribution in [0, 0.1) is 5.92 Å². The SMILES string of the molecule is C=CS(=O)(=O)NC[C@H]1CCN(S(=O)(=O)c2ccc(C(Cc3ccccc3)C(=O)NC)cc2)C1. The second-order valence-corrected chi connectivity index (χ2v) is 11.7. The zero-order valence-corrected chi connectivity index (χ0v) is 20.1. The van der Waals surface area contributed by atoms with Crippen molar-refractivity contribution in [2.24, 2.45) is 5.92 Å². The fourth-order valence-electron chi connectivity index (χ4n) is 3.88. The third-order valence-corrected chi connectivity index (χ3v) is 8.69. The molecule has 178 valence electrons. The molecule has 0 aliphatic carbocycles. The average Bonchev–Trinajstić information content (AvgIpc) is 3.32. The van der Waals surface area contributed by atoms with E-state index in [-0.39, 0.29) is 29.8 Å². The second-order valence-electron chi connectivity index (χ2n) is 8.00. The normalized spacial score (nSPS) is 18.0. The first-order valence-corrected chi connectivity index (χ1v) is 13.6. The van der Waals surface area contributed by atoms with Gasteiger partial charge in [0.2, 0.25) is 26.0 Å². The first-order chi connectivity index (χ1) is 15.7. The number of rotatable bonds is 10. The maximum absolute atomic E-state index is 13.1. The van der Waals surface area contributed by atoms with Gasteiger partial charge >= 0.3 is 0 Å². The van der Waals surface area contributed by atoms with Crippen LogP contribution in [0.3, 0.4) is 0 Å². The van der Waals surface area contributed by atoms with Crippen molar-refractivity contribution in [2.75, 3.05) is 26.7 Å². The van der Waals surface area contributed by atoms with Crippen LogP contribution in [0.1, 0.15) is 23.5 Å². The Morgan fingerprint density at radius 3 is 2.39 bits per heavy atom. The van der Waals surface area contributed by atoms with Crippen LogP contribution in [-0.2, 0) is 31.3 Å². The van der Waals surface area contributed by atoms with Gasteiger partial charge in [-0.1, -0.05) is 49.0 Å². The van der Waals surface area contributed by atoms with Gasteiger partial charge in [-0.3, -0.25) is 4.79 Å². The summed E-state index contributed by atoms with van der Waals surface area (Å²) in [5, 5.41) is 3.52. The van der Waals surface area contributed by atoms with Crippen molar-refractivity contribution < 1.29 is 21.6 Å². The number of hydrogen-bond acceptors (Lipinski definition) is 5. The first-order valence-electron chi connectivity index (χ1n) is 10.6. The van der Waals surface area contributed by atoms with Crippen molar-refractivity contribution >= 4 is 26.0 Å². The largest absolute Gasteiger partial charge is 0.359 e. The van der Waals surface area contributed by atoms with Gasteiger partial charge in [0.05, 0.1) is 10.8 Å². The van der Waals surface area contributed by atoms with E-state index in [2.05, 4.69) is 16.6 Å². The van der Waals surface area contributed by atoms with E-state index < -0.39 is 26.0 Å². The van der Waals surface area contributed by atoms with E-state index in [1.54, 1.807) is 19.2 Å². The van der Waals surface area contributed by atoms with Crippen LogP contribution in [0.4, 0.5) is 0 Å².